The second kappa shape index (κ2) is 5.37. The van der Waals surface area contributed by atoms with E-state index < -0.39 is 10.0 Å². The molecule has 1 fully saturated rings. The summed E-state index contributed by atoms with van der Waals surface area (Å²) in [4.78, 5) is 0. The maximum Gasteiger partial charge on any atom is 0.257 e. The second-order valence-electron chi connectivity index (χ2n) is 4.38. The van der Waals surface area contributed by atoms with E-state index in [1.165, 1.54) is 12.3 Å². The van der Waals surface area contributed by atoms with Crippen LogP contribution in [0, 0.1) is 11.8 Å². The topological polar surface area (TPSA) is 74.8 Å². The molecule has 0 aromatic carbocycles. The summed E-state index contributed by atoms with van der Waals surface area (Å²) in [6.07, 6.45) is 4.70. The van der Waals surface area contributed by atoms with Gasteiger partial charge >= 0.3 is 0 Å². The lowest BCUT2D eigenvalue weighted by Gasteiger charge is -2.17. The Labute approximate surface area is 106 Å². The summed E-state index contributed by atoms with van der Waals surface area (Å²) in [7, 11) is -3.45. The Morgan fingerprint density at radius 2 is 2.24 bits per heavy atom. The van der Waals surface area contributed by atoms with Crippen LogP contribution in [0.1, 0.15) is 19.3 Å². The summed E-state index contributed by atoms with van der Waals surface area (Å²) in [5.74, 6) is 1.39. The largest absolute Gasteiger partial charge is 0.266 e. The van der Waals surface area contributed by atoms with Crippen LogP contribution >= 0.6 is 11.6 Å². The van der Waals surface area contributed by atoms with Crippen molar-refractivity contribution < 1.29 is 8.42 Å². The molecular weight excluding hydrogens is 262 g/mol. The molecular formula is C10H16ClN3O2S. The van der Waals surface area contributed by atoms with Crippen molar-refractivity contribution in [1.82, 2.24) is 14.9 Å². The van der Waals surface area contributed by atoms with Crippen molar-refractivity contribution >= 4 is 21.6 Å². The zero-order valence-electron chi connectivity index (χ0n) is 9.39. The van der Waals surface area contributed by atoms with Gasteiger partial charge in [0.25, 0.3) is 10.0 Å². The van der Waals surface area contributed by atoms with E-state index in [1.807, 2.05) is 0 Å². The Morgan fingerprint density at radius 1 is 1.47 bits per heavy atom. The molecule has 7 heteroatoms. The Hall–Kier alpha value is -0.590. The molecule has 96 valence electrons. The van der Waals surface area contributed by atoms with Crippen molar-refractivity contribution in [3.05, 3.63) is 12.3 Å². The highest BCUT2D eigenvalue weighted by Gasteiger charge is 2.28. The molecule has 1 heterocycles. The van der Waals surface area contributed by atoms with Gasteiger partial charge in [0.05, 0.1) is 6.20 Å². The van der Waals surface area contributed by atoms with Crippen LogP contribution in [0.3, 0.4) is 0 Å². The summed E-state index contributed by atoms with van der Waals surface area (Å²) in [5, 5.41) is 6.19. The highest BCUT2D eigenvalue weighted by Crippen LogP contribution is 2.32. The van der Waals surface area contributed by atoms with Gasteiger partial charge in [0.15, 0.2) is 5.03 Å². The monoisotopic (exact) mass is 277 g/mol. The van der Waals surface area contributed by atoms with Crippen LogP contribution in [0.4, 0.5) is 0 Å². The van der Waals surface area contributed by atoms with E-state index in [4.69, 9.17) is 11.6 Å². The average molecular weight is 278 g/mol. The molecule has 5 nitrogen and oxygen atoms in total. The summed E-state index contributed by atoms with van der Waals surface area (Å²) in [6.45, 7) is 0.457. The Bertz CT molecular complexity index is 446. The lowest BCUT2D eigenvalue weighted by Crippen LogP contribution is -2.31. The van der Waals surface area contributed by atoms with Crippen molar-refractivity contribution in [2.75, 3.05) is 12.4 Å². The third-order valence-corrected chi connectivity index (χ3v) is 5.06. The number of hydrogen-bond acceptors (Lipinski definition) is 3. The molecule has 0 spiro atoms. The first-order valence-corrected chi connectivity index (χ1v) is 7.70. The van der Waals surface area contributed by atoms with E-state index in [2.05, 4.69) is 14.9 Å². The van der Waals surface area contributed by atoms with Crippen LogP contribution in [-0.4, -0.2) is 31.0 Å². The first-order chi connectivity index (χ1) is 8.13. The maximum absolute atomic E-state index is 11.8. The average Bonchev–Trinajstić information content (AvgIpc) is 2.97. The SMILES string of the molecule is O=S(=O)(NCC1CCCC1CCl)c1ccn[nH]1. The lowest BCUT2D eigenvalue weighted by molar-refractivity contribution is 0.418. The van der Waals surface area contributed by atoms with Gasteiger partial charge in [0, 0.05) is 12.4 Å². The van der Waals surface area contributed by atoms with Crippen molar-refractivity contribution in [2.24, 2.45) is 11.8 Å². The molecule has 0 saturated heterocycles. The highest BCUT2D eigenvalue weighted by molar-refractivity contribution is 7.89. The van der Waals surface area contributed by atoms with Crippen LogP contribution in [0.25, 0.3) is 0 Å². The molecule has 0 bridgehead atoms. The molecule has 17 heavy (non-hydrogen) atoms. The predicted molar refractivity (Wildman–Crippen MR) is 65.3 cm³/mol. The Morgan fingerprint density at radius 3 is 2.88 bits per heavy atom. The van der Waals surface area contributed by atoms with E-state index in [0.29, 0.717) is 24.3 Å². The number of nitrogens with zero attached hydrogens (tertiary/aromatic N) is 1. The van der Waals surface area contributed by atoms with Crippen molar-refractivity contribution in [3.63, 3.8) is 0 Å². The van der Waals surface area contributed by atoms with Crippen LogP contribution in [0.5, 0.6) is 0 Å². The van der Waals surface area contributed by atoms with Crippen molar-refractivity contribution in [2.45, 2.75) is 24.3 Å². The van der Waals surface area contributed by atoms with Gasteiger partial charge in [0.1, 0.15) is 0 Å². The number of rotatable bonds is 5. The van der Waals surface area contributed by atoms with Crippen LogP contribution in [0.15, 0.2) is 17.3 Å². The molecule has 0 amide bonds. The fourth-order valence-corrected chi connectivity index (χ4v) is 3.68. The molecule has 0 radical (unpaired) electrons. The van der Waals surface area contributed by atoms with Crippen LogP contribution < -0.4 is 4.72 Å². The van der Waals surface area contributed by atoms with Crippen LogP contribution in [0.2, 0.25) is 0 Å². The quantitative estimate of drug-likeness (QED) is 0.798. The Kier molecular flexibility index (Phi) is 4.06. The first-order valence-electron chi connectivity index (χ1n) is 5.68. The standard InChI is InChI=1S/C10H16ClN3O2S/c11-6-8-2-1-3-9(8)7-13-17(15,16)10-4-5-12-14-10/h4-5,8-9,13H,1-3,6-7H2,(H,12,14). The van der Waals surface area contributed by atoms with Gasteiger partial charge in [-0.1, -0.05) is 6.42 Å². The van der Waals surface area contributed by atoms with Gasteiger partial charge in [-0.15, -0.1) is 11.6 Å². The third-order valence-electron chi connectivity index (χ3n) is 3.31. The number of halogens is 1. The predicted octanol–water partition coefficient (Wildman–Crippen LogP) is 1.34. The van der Waals surface area contributed by atoms with Gasteiger partial charge in [-0.05, 0) is 30.7 Å². The molecule has 2 atom stereocenters. The van der Waals surface area contributed by atoms with Gasteiger partial charge in [-0.3, -0.25) is 5.10 Å². The van der Waals surface area contributed by atoms with E-state index in [1.54, 1.807) is 0 Å². The number of nitrogens with one attached hydrogen (secondary N) is 2. The van der Waals surface area contributed by atoms with Crippen molar-refractivity contribution in [1.29, 1.82) is 0 Å². The molecule has 1 aliphatic rings. The number of hydrogen-bond donors (Lipinski definition) is 2. The van der Waals surface area contributed by atoms with Gasteiger partial charge in [-0.25, -0.2) is 13.1 Å². The molecule has 1 aliphatic carbocycles. The number of alkyl halides is 1. The molecule has 1 aromatic heterocycles. The number of sulfonamides is 1. The smallest absolute Gasteiger partial charge is 0.257 e. The number of H-pyrrole nitrogens is 1. The van der Waals surface area contributed by atoms with Gasteiger partial charge in [-0.2, -0.15) is 5.10 Å². The highest BCUT2D eigenvalue weighted by atomic mass is 35.5. The molecule has 2 unspecified atom stereocenters. The fourth-order valence-electron chi connectivity index (χ4n) is 2.27. The minimum Gasteiger partial charge on any atom is -0.266 e. The van der Waals surface area contributed by atoms with Gasteiger partial charge < -0.3 is 0 Å². The molecule has 2 rings (SSSR count). The summed E-state index contributed by atoms with van der Waals surface area (Å²) in [5.41, 5.74) is 0. The Balaban J connectivity index is 1.94. The zero-order valence-corrected chi connectivity index (χ0v) is 11.0. The van der Waals surface area contributed by atoms with E-state index >= 15 is 0 Å². The van der Waals surface area contributed by atoms with E-state index in [9.17, 15) is 8.42 Å². The van der Waals surface area contributed by atoms with Crippen LogP contribution in [-0.2, 0) is 10.0 Å². The number of aromatic amines is 1. The first kappa shape index (κ1) is 12.9. The maximum atomic E-state index is 11.8. The van der Waals surface area contributed by atoms with Gasteiger partial charge in [0.2, 0.25) is 0 Å². The summed E-state index contributed by atoms with van der Waals surface area (Å²) >= 11 is 5.86. The minimum absolute atomic E-state index is 0.109. The normalized spacial score (nSPS) is 25.2. The fraction of sp³-hybridized carbons (Fsp3) is 0.700. The number of aromatic nitrogens is 2. The third kappa shape index (κ3) is 3.00. The summed E-state index contributed by atoms with van der Waals surface area (Å²) < 4.78 is 26.3. The van der Waals surface area contributed by atoms with Crippen molar-refractivity contribution in [3.8, 4) is 0 Å². The molecule has 1 aromatic rings. The lowest BCUT2D eigenvalue weighted by atomic mass is 9.98. The molecule has 0 aliphatic heterocycles. The molecule has 1 saturated carbocycles. The van der Waals surface area contributed by atoms with E-state index in [0.717, 1.165) is 19.3 Å². The summed E-state index contributed by atoms with van der Waals surface area (Å²) in [6, 6.07) is 1.44. The second-order valence-corrected chi connectivity index (χ2v) is 6.42. The van der Waals surface area contributed by atoms with E-state index in [-0.39, 0.29) is 5.03 Å². The zero-order chi connectivity index (χ0) is 12.3. The molecule has 2 N–H and O–H groups in total. The minimum atomic E-state index is -3.45.